The second-order valence-electron chi connectivity index (χ2n) is 4.77. The Morgan fingerprint density at radius 3 is 2.90 bits per heavy atom. The molecule has 0 saturated heterocycles. The molecule has 0 aliphatic heterocycles. The van der Waals surface area contributed by atoms with Crippen molar-refractivity contribution in [2.75, 3.05) is 11.1 Å². The highest BCUT2D eigenvalue weighted by molar-refractivity contribution is 9.10. The van der Waals surface area contributed by atoms with Crippen LogP contribution in [0.4, 0.5) is 11.4 Å². The van der Waals surface area contributed by atoms with Crippen LogP contribution in [0.2, 0.25) is 0 Å². The normalized spacial score (nSPS) is 10.9. The van der Waals surface area contributed by atoms with Gasteiger partial charge in [-0.2, -0.15) is 5.10 Å². The number of anilines is 2. The number of nitrogen functional groups attached to an aromatic ring is 1. The highest BCUT2D eigenvalue weighted by Crippen LogP contribution is 2.21. The van der Waals surface area contributed by atoms with Gasteiger partial charge in [0.05, 0.1) is 5.52 Å². The Bertz CT molecular complexity index is 764. The lowest BCUT2D eigenvalue weighted by molar-refractivity contribution is 0.780. The van der Waals surface area contributed by atoms with Crippen molar-refractivity contribution in [3.05, 3.63) is 52.6 Å². The van der Waals surface area contributed by atoms with Gasteiger partial charge in [-0.1, -0.05) is 22.0 Å². The number of nitrogens with one attached hydrogen (secondary N) is 1. The second-order valence-corrected chi connectivity index (χ2v) is 5.69. The summed E-state index contributed by atoms with van der Waals surface area (Å²) in [5.41, 5.74) is 9.93. The van der Waals surface area contributed by atoms with Crippen LogP contribution in [0.5, 0.6) is 0 Å². The first-order valence-corrected chi connectivity index (χ1v) is 7.12. The van der Waals surface area contributed by atoms with Crippen molar-refractivity contribution in [2.24, 2.45) is 7.05 Å². The minimum absolute atomic E-state index is 0.699. The van der Waals surface area contributed by atoms with E-state index >= 15 is 0 Å². The number of nitrogens with two attached hydrogens (primary N) is 1. The number of hydrogen-bond acceptors (Lipinski definition) is 3. The van der Waals surface area contributed by atoms with Gasteiger partial charge < -0.3 is 11.1 Å². The van der Waals surface area contributed by atoms with E-state index in [2.05, 4.69) is 32.4 Å². The molecule has 4 nitrogen and oxygen atoms in total. The van der Waals surface area contributed by atoms with Gasteiger partial charge in [-0.3, -0.25) is 4.68 Å². The Morgan fingerprint density at radius 1 is 1.25 bits per heavy atom. The number of rotatable bonds is 3. The number of aryl methyl sites for hydroxylation is 1. The molecular weight excluding hydrogens is 316 g/mol. The molecule has 102 valence electrons. The van der Waals surface area contributed by atoms with Gasteiger partial charge in [-0.25, -0.2) is 0 Å². The van der Waals surface area contributed by atoms with E-state index in [1.54, 1.807) is 0 Å². The van der Waals surface area contributed by atoms with Crippen LogP contribution in [-0.4, -0.2) is 9.78 Å². The number of hydrogen-bond donors (Lipinski definition) is 2. The zero-order chi connectivity index (χ0) is 14.1. The van der Waals surface area contributed by atoms with E-state index in [-0.39, 0.29) is 0 Å². The van der Waals surface area contributed by atoms with E-state index in [1.807, 2.05) is 48.3 Å². The lowest BCUT2D eigenvalue weighted by Gasteiger charge is -2.09. The van der Waals surface area contributed by atoms with Crippen molar-refractivity contribution < 1.29 is 0 Å². The van der Waals surface area contributed by atoms with Crippen molar-refractivity contribution in [3.8, 4) is 0 Å². The molecule has 5 heteroatoms. The fraction of sp³-hybridized carbons (Fsp3) is 0.133. The SMILES string of the molecule is Cn1cc2cc(NCc3ccc(Br)cc3N)ccc2n1. The Hall–Kier alpha value is -2.01. The Morgan fingerprint density at radius 2 is 2.10 bits per heavy atom. The summed E-state index contributed by atoms with van der Waals surface area (Å²) in [6.45, 7) is 0.699. The standard InChI is InChI=1S/C15H15BrN4/c1-20-9-11-6-13(4-5-15(11)19-20)18-8-10-2-3-12(16)7-14(10)17/h2-7,9,18H,8,17H2,1H3. The average Bonchev–Trinajstić information content (AvgIpc) is 2.77. The van der Waals surface area contributed by atoms with Gasteiger partial charge in [0, 0.05) is 41.0 Å². The molecular formula is C15H15BrN4. The van der Waals surface area contributed by atoms with E-state index in [0.29, 0.717) is 6.54 Å². The van der Waals surface area contributed by atoms with E-state index in [0.717, 1.165) is 32.3 Å². The van der Waals surface area contributed by atoms with E-state index < -0.39 is 0 Å². The van der Waals surface area contributed by atoms with Crippen molar-refractivity contribution in [1.29, 1.82) is 0 Å². The highest BCUT2D eigenvalue weighted by atomic mass is 79.9. The van der Waals surface area contributed by atoms with Gasteiger partial charge in [-0.05, 0) is 35.9 Å². The maximum Gasteiger partial charge on any atom is 0.0924 e. The Labute approximate surface area is 125 Å². The molecule has 0 spiro atoms. The molecule has 0 bridgehead atoms. The zero-order valence-corrected chi connectivity index (χ0v) is 12.7. The van der Waals surface area contributed by atoms with Crippen LogP contribution in [0, 0.1) is 0 Å². The Balaban J connectivity index is 1.79. The van der Waals surface area contributed by atoms with Gasteiger partial charge in [0.2, 0.25) is 0 Å². The minimum Gasteiger partial charge on any atom is -0.398 e. The third kappa shape index (κ3) is 2.63. The maximum absolute atomic E-state index is 6.00. The van der Waals surface area contributed by atoms with Crippen molar-refractivity contribution in [3.63, 3.8) is 0 Å². The molecule has 0 saturated carbocycles. The molecule has 3 N–H and O–H groups in total. The van der Waals surface area contributed by atoms with Crippen LogP contribution in [-0.2, 0) is 13.6 Å². The first-order valence-electron chi connectivity index (χ1n) is 6.33. The average molecular weight is 331 g/mol. The van der Waals surface area contributed by atoms with Crippen LogP contribution in [0.3, 0.4) is 0 Å². The van der Waals surface area contributed by atoms with Crippen LogP contribution >= 0.6 is 15.9 Å². The Kier molecular flexibility index (Phi) is 3.36. The zero-order valence-electron chi connectivity index (χ0n) is 11.1. The molecule has 2 aromatic carbocycles. The molecule has 1 heterocycles. The molecule has 3 aromatic rings. The molecule has 20 heavy (non-hydrogen) atoms. The molecule has 3 rings (SSSR count). The number of fused-ring (bicyclic) bond motifs is 1. The largest absolute Gasteiger partial charge is 0.398 e. The van der Waals surface area contributed by atoms with Crippen LogP contribution in [0.1, 0.15) is 5.56 Å². The molecule has 1 aromatic heterocycles. The highest BCUT2D eigenvalue weighted by Gasteiger charge is 2.02. The van der Waals surface area contributed by atoms with E-state index in [9.17, 15) is 0 Å². The van der Waals surface area contributed by atoms with Crippen molar-refractivity contribution >= 4 is 38.2 Å². The summed E-state index contributed by atoms with van der Waals surface area (Å²) in [4.78, 5) is 0. The summed E-state index contributed by atoms with van der Waals surface area (Å²) in [5.74, 6) is 0. The summed E-state index contributed by atoms with van der Waals surface area (Å²) in [6.07, 6.45) is 2.01. The smallest absolute Gasteiger partial charge is 0.0924 e. The predicted molar refractivity (Wildman–Crippen MR) is 86.6 cm³/mol. The van der Waals surface area contributed by atoms with Gasteiger partial charge >= 0.3 is 0 Å². The third-order valence-electron chi connectivity index (χ3n) is 3.21. The summed E-state index contributed by atoms with van der Waals surface area (Å²) >= 11 is 3.41. The second kappa shape index (κ2) is 5.17. The first kappa shape index (κ1) is 13.0. The fourth-order valence-corrected chi connectivity index (χ4v) is 2.56. The van der Waals surface area contributed by atoms with Crippen LogP contribution in [0.15, 0.2) is 47.1 Å². The summed E-state index contributed by atoms with van der Waals surface area (Å²) in [7, 11) is 1.93. The van der Waals surface area contributed by atoms with Gasteiger partial charge in [0.1, 0.15) is 0 Å². The minimum atomic E-state index is 0.699. The number of aromatic nitrogens is 2. The molecule has 0 fully saturated rings. The van der Waals surface area contributed by atoms with Gasteiger partial charge in [0.25, 0.3) is 0 Å². The van der Waals surface area contributed by atoms with E-state index in [1.165, 1.54) is 0 Å². The van der Waals surface area contributed by atoms with Crippen LogP contribution < -0.4 is 11.1 Å². The molecule has 0 amide bonds. The molecule has 0 aliphatic rings. The fourth-order valence-electron chi connectivity index (χ4n) is 2.18. The summed E-state index contributed by atoms with van der Waals surface area (Å²) in [5, 5.41) is 8.88. The summed E-state index contributed by atoms with van der Waals surface area (Å²) < 4.78 is 2.82. The topological polar surface area (TPSA) is 55.9 Å². The lowest BCUT2D eigenvalue weighted by Crippen LogP contribution is -2.02. The van der Waals surface area contributed by atoms with Crippen LogP contribution in [0.25, 0.3) is 10.9 Å². The monoisotopic (exact) mass is 330 g/mol. The van der Waals surface area contributed by atoms with Crippen molar-refractivity contribution in [1.82, 2.24) is 9.78 Å². The number of halogens is 1. The first-order chi connectivity index (χ1) is 9.61. The molecule has 0 aliphatic carbocycles. The van der Waals surface area contributed by atoms with E-state index in [4.69, 9.17) is 5.73 Å². The number of nitrogens with zero attached hydrogens (tertiary/aromatic N) is 2. The maximum atomic E-state index is 6.00. The quantitative estimate of drug-likeness (QED) is 0.722. The summed E-state index contributed by atoms with van der Waals surface area (Å²) in [6, 6.07) is 12.1. The lowest BCUT2D eigenvalue weighted by atomic mass is 10.1. The molecule has 0 atom stereocenters. The third-order valence-corrected chi connectivity index (χ3v) is 3.70. The predicted octanol–water partition coefficient (Wildman–Crippen LogP) is 3.53. The number of benzene rings is 2. The molecule has 0 radical (unpaired) electrons. The van der Waals surface area contributed by atoms with Crippen molar-refractivity contribution in [2.45, 2.75) is 6.54 Å². The van der Waals surface area contributed by atoms with Gasteiger partial charge in [-0.15, -0.1) is 0 Å². The van der Waals surface area contributed by atoms with Gasteiger partial charge in [0.15, 0.2) is 0 Å². The molecule has 0 unspecified atom stereocenters.